The molecule has 6 rings (SSSR count). The van der Waals surface area contributed by atoms with E-state index in [0.717, 1.165) is 37.3 Å². The zero-order chi connectivity index (χ0) is 40.8. The Hall–Kier alpha value is -4.47. The van der Waals surface area contributed by atoms with Crippen LogP contribution in [0.25, 0.3) is 0 Å². The Morgan fingerprint density at radius 1 is 0.963 bits per heavy atom. The fourth-order valence-corrected chi connectivity index (χ4v) is 6.18. The Balaban J connectivity index is 0.000000473. The van der Waals surface area contributed by atoms with Crippen molar-refractivity contribution in [3.63, 3.8) is 0 Å². The highest BCUT2D eigenvalue weighted by molar-refractivity contribution is 6.03. The molecule has 10 heteroatoms. The number of ether oxygens (including phenoxy) is 2. The van der Waals surface area contributed by atoms with Crippen LogP contribution in [0, 0.1) is 11.8 Å². The van der Waals surface area contributed by atoms with Gasteiger partial charge in [0.25, 0.3) is 5.91 Å². The molecular weight excluding hydrogens is 684 g/mol. The number of carbonyl (C=O) groups is 2. The maximum absolute atomic E-state index is 13.5. The highest BCUT2D eigenvalue weighted by Gasteiger charge is 2.36. The minimum absolute atomic E-state index is 0.00439. The van der Waals surface area contributed by atoms with E-state index in [1.54, 1.807) is 23.1 Å². The standard InChI is InChI=1S/C22H27FN2O2.C14H16N2O3.4C2H6/c1-15(2)14-27-19-8-5-9-21-20(13-12-19)22(26)25(16(3)24-21)18-7-4-6-17(23)10-11-18;1-19-13-7-10-11(8-12(13)17)15-5-4-9-3-2-6-16(9)14(10)18;4*1-2/h6,8-13,15,18,20H,4-5,7,14H2,1-3H3;5,7-9,17H,2-4,6H2,1H3;4*1-2H3/b13-12?,19-8+,21-9+;;;;;. The molecule has 0 saturated carbocycles. The van der Waals surface area contributed by atoms with E-state index in [2.05, 4.69) is 23.8 Å². The van der Waals surface area contributed by atoms with Crippen molar-refractivity contribution in [2.45, 2.75) is 127 Å². The van der Waals surface area contributed by atoms with Crippen LogP contribution in [-0.2, 0) is 9.53 Å². The zero-order valence-corrected chi connectivity index (χ0v) is 35.0. The number of methoxy groups -OCH3 is 1. The predicted octanol–water partition coefficient (Wildman–Crippen LogP) is 11.1. The van der Waals surface area contributed by atoms with Gasteiger partial charge in [-0.3, -0.25) is 19.5 Å². The van der Waals surface area contributed by atoms with Gasteiger partial charge in [0, 0.05) is 31.3 Å². The molecule has 1 aromatic rings. The second-order valence-electron chi connectivity index (χ2n) is 12.4. The monoisotopic (exact) mass is 751 g/mol. The molecule has 300 valence electrons. The first-order chi connectivity index (χ1) is 26.2. The number of phenolic OH excluding ortho intramolecular Hbond substituents is 1. The van der Waals surface area contributed by atoms with E-state index in [-0.39, 0.29) is 35.5 Å². The molecule has 1 aromatic carbocycles. The lowest BCUT2D eigenvalue weighted by Gasteiger charge is -2.35. The fourth-order valence-electron chi connectivity index (χ4n) is 6.18. The van der Waals surface area contributed by atoms with Crippen molar-refractivity contribution in [1.82, 2.24) is 9.80 Å². The molecule has 0 radical (unpaired) electrons. The van der Waals surface area contributed by atoms with Crippen LogP contribution in [0.5, 0.6) is 11.5 Å². The highest BCUT2D eigenvalue weighted by atomic mass is 19.1. The SMILES string of the molecule is CC.CC.CC.CC.CC1=N/C2=C/C/C=C(/OCC(C)C)C=CC2C(=O)N1C1C=CC(F)=CCC1.COc1cc2c(cc1O)N=CCC1CCCN1C2=O. The zero-order valence-electron chi connectivity index (χ0n) is 35.0. The molecule has 5 aliphatic rings. The van der Waals surface area contributed by atoms with Crippen molar-refractivity contribution >= 4 is 29.6 Å². The summed E-state index contributed by atoms with van der Waals surface area (Å²) in [5.41, 5.74) is 1.78. The van der Waals surface area contributed by atoms with Gasteiger partial charge in [-0.15, -0.1) is 0 Å². The van der Waals surface area contributed by atoms with Crippen molar-refractivity contribution in [2.75, 3.05) is 20.3 Å². The van der Waals surface area contributed by atoms with Gasteiger partial charge >= 0.3 is 0 Å². The van der Waals surface area contributed by atoms with Gasteiger partial charge in [-0.1, -0.05) is 87.5 Å². The van der Waals surface area contributed by atoms with Gasteiger partial charge < -0.3 is 19.5 Å². The molecule has 1 N–H and O–H groups in total. The van der Waals surface area contributed by atoms with E-state index < -0.39 is 5.92 Å². The number of hydrogen-bond donors (Lipinski definition) is 1. The van der Waals surface area contributed by atoms with Gasteiger partial charge in [0.1, 0.15) is 17.4 Å². The summed E-state index contributed by atoms with van der Waals surface area (Å²) in [7, 11) is 1.47. The number of halogens is 1. The second kappa shape index (κ2) is 25.5. The third-order valence-electron chi connectivity index (χ3n) is 8.53. The third kappa shape index (κ3) is 13.1. The second-order valence-corrected chi connectivity index (χ2v) is 12.4. The van der Waals surface area contributed by atoms with Crippen molar-refractivity contribution in [3.05, 3.63) is 77.5 Å². The summed E-state index contributed by atoms with van der Waals surface area (Å²) in [4.78, 5) is 38.4. The van der Waals surface area contributed by atoms with Crippen molar-refractivity contribution in [1.29, 1.82) is 0 Å². The van der Waals surface area contributed by atoms with Gasteiger partial charge in [-0.2, -0.15) is 0 Å². The molecular formula is C44H67FN4O5. The minimum Gasteiger partial charge on any atom is -0.504 e. The largest absolute Gasteiger partial charge is 0.504 e. The molecule has 2 amide bonds. The van der Waals surface area contributed by atoms with Gasteiger partial charge in [0.15, 0.2) is 11.5 Å². The highest BCUT2D eigenvalue weighted by Crippen LogP contribution is 2.37. The molecule has 0 aromatic heterocycles. The smallest absolute Gasteiger partial charge is 0.256 e. The number of rotatable bonds is 5. The van der Waals surface area contributed by atoms with Gasteiger partial charge in [-0.25, -0.2) is 9.38 Å². The summed E-state index contributed by atoms with van der Waals surface area (Å²) in [6.07, 6.45) is 19.1. The van der Waals surface area contributed by atoms with E-state index in [4.69, 9.17) is 9.47 Å². The lowest BCUT2D eigenvalue weighted by atomic mass is 9.96. The number of aliphatic imine (C=N–C) groups is 2. The summed E-state index contributed by atoms with van der Waals surface area (Å²) in [6.45, 7) is 23.5. The Morgan fingerprint density at radius 3 is 2.33 bits per heavy atom. The lowest BCUT2D eigenvalue weighted by molar-refractivity contribution is -0.130. The van der Waals surface area contributed by atoms with Crippen LogP contribution in [-0.4, -0.2) is 71.1 Å². The molecule has 1 fully saturated rings. The Bertz CT molecular complexity index is 1560. The molecule has 1 saturated heterocycles. The summed E-state index contributed by atoms with van der Waals surface area (Å²) in [6, 6.07) is 3.13. The van der Waals surface area contributed by atoms with Gasteiger partial charge in [0.2, 0.25) is 5.91 Å². The fraction of sp³-hybridized carbons (Fsp3) is 0.545. The number of benzene rings is 1. The lowest BCUT2D eigenvalue weighted by Crippen LogP contribution is -2.48. The number of amides is 2. The van der Waals surface area contributed by atoms with Gasteiger partial charge in [-0.05, 0) is 75.3 Å². The van der Waals surface area contributed by atoms with Crippen molar-refractivity contribution in [2.24, 2.45) is 21.8 Å². The molecule has 3 unspecified atom stereocenters. The maximum atomic E-state index is 13.5. The van der Waals surface area contributed by atoms with Crippen molar-refractivity contribution in [3.8, 4) is 11.5 Å². The number of nitrogens with zero attached hydrogens (tertiary/aromatic N) is 4. The van der Waals surface area contributed by atoms with Crippen LogP contribution < -0.4 is 4.74 Å². The Morgan fingerprint density at radius 2 is 1.67 bits per heavy atom. The van der Waals surface area contributed by atoms with E-state index in [0.29, 0.717) is 54.6 Å². The van der Waals surface area contributed by atoms with Crippen LogP contribution in [0.3, 0.4) is 0 Å². The number of amidine groups is 1. The normalized spacial score (nSPS) is 22.8. The van der Waals surface area contributed by atoms with E-state index >= 15 is 0 Å². The average molecular weight is 751 g/mol. The summed E-state index contributed by atoms with van der Waals surface area (Å²) in [5.74, 6) is 1.46. The average Bonchev–Trinajstić information content (AvgIpc) is 3.54. The number of fused-ring (bicyclic) bond motifs is 3. The summed E-state index contributed by atoms with van der Waals surface area (Å²) >= 11 is 0. The van der Waals surface area contributed by atoms with Crippen LogP contribution in [0.1, 0.15) is 125 Å². The first kappa shape index (κ1) is 47.6. The number of carbonyl (C=O) groups excluding carboxylic acids is 2. The topological polar surface area (TPSA) is 104 Å². The van der Waals surface area contributed by atoms with Crippen LogP contribution in [0.2, 0.25) is 0 Å². The molecule has 3 atom stereocenters. The quantitative estimate of drug-likeness (QED) is 0.323. The van der Waals surface area contributed by atoms with Crippen LogP contribution in [0.4, 0.5) is 10.1 Å². The predicted molar refractivity (Wildman–Crippen MR) is 222 cm³/mol. The minimum atomic E-state index is -0.436. The van der Waals surface area contributed by atoms with Gasteiger partial charge in [0.05, 0.1) is 42.6 Å². The molecule has 54 heavy (non-hydrogen) atoms. The molecule has 3 aliphatic heterocycles. The van der Waals surface area contributed by atoms with Crippen molar-refractivity contribution < 1.29 is 28.6 Å². The molecule has 0 bridgehead atoms. The Labute approximate surface area is 325 Å². The molecule has 0 spiro atoms. The first-order valence-corrected chi connectivity index (χ1v) is 20.0. The molecule has 9 nitrogen and oxygen atoms in total. The Kier molecular flexibility index (Phi) is 22.5. The number of phenols is 1. The van der Waals surface area contributed by atoms with E-state index in [1.807, 2.05) is 97.7 Å². The van der Waals surface area contributed by atoms with Crippen LogP contribution in [0.15, 0.2) is 81.9 Å². The van der Waals surface area contributed by atoms with E-state index in [1.165, 1.54) is 19.3 Å². The first-order valence-electron chi connectivity index (χ1n) is 20.0. The molecule has 2 aliphatic carbocycles. The summed E-state index contributed by atoms with van der Waals surface area (Å²) in [5, 5.41) is 9.78. The number of hydrogen-bond acceptors (Lipinski definition) is 7. The maximum Gasteiger partial charge on any atom is 0.256 e. The third-order valence-corrected chi connectivity index (χ3v) is 8.53. The van der Waals surface area contributed by atoms with E-state index in [9.17, 15) is 19.1 Å². The number of aromatic hydroxyl groups is 1. The summed E-state index contributed by atoms with van der Waals surface area (Å²) < 4.78 is 24.4. The number of allylic oxidation sites excluding steroid dienone is 6. The van der Waals surface area contributed by atoms with Crippen LogP contribution >= 0.6 is 0 Å². The molecule has 3 heterocycles.